The first-order chi connectivity index (χ1) is 10.2. The number of methoxy groups -OCH3 is 1. The zero-order chi connectivity index (χ0) is 15.1. The largest absolute Gasteiger partial charge is 0.496 e. The van der Waals surface area contributed by atoms with E-state index in [0.717, 1.165) is 5.56 Å². The lowest BCUT2D eigenvalue weighted by Gasteiger charge is -2.10. The van der Waals surface area contributed by atoms with E-state index in [1.807, 2.05) is 24.3 Å². The predicted molar refractivity (Wildman–Crippen MR) is 79.1 cm³/mol. The van der Waals surface area contributed by atoms with Crippen LogP contribution in [0.1, 0.15) is 5.56 Å². The van der Waals surface area contributed by atoms with Crippen LogP contribution in [-0.4, -0.2) is 19.7 Å². The maximum absolute atomic E-state index is 11.6. The normalized spacial score (nSPS) is 9.95. The third kappa shape index (κ3) is 4.42. The number of nitrogen functional groups attached to an aromatic ring is 1. The van der Waals surface area contributed by atoms with E-state index in [4.69, 9.17) is 19.9 Å². The molecule has 0 radical (unpaired) electrons. The van der Waals surface area contributed by atoms with Crippen LogP contribution in [0.2, 0.25) is 0 Å². The Bertz CT molecular complexity index is 595. The van der Waals surface area contributed by atoms with Crippen LogP contribution in [0.4, 0.5) is 5.69 Å². The van der Waals surface area contributed by atoms with Crippen molar-refractivity contribution in [2.45, 2.75) is 6.61 Å². The van der Waals surface area contributed by atoms with Crippen molar-refractivity contribution in [3.63, 3.8) is 0 Å². The van der Waals surface area contributed by atoms with Crippen LogP contribution in [0.5, 0.6) is 11.5 Å². The molecule has 0 fully saturated rings. The highest BCUT2D eigenvalue weighted by atomic mass is 16.6. The van der Waals surface area contributed by atoms with E-state index in [1.54, 1.807) is 31.4 Å². The molecule has 2 rings (SSSR count). The highest BCUT2D eigenvalue weighted by Crippen LogP contribution is 2.18. The second-order valence-electron chi connectivity index (χ2n) is 4.33. The van der Waals surface area contributed by atoms with Gasteiger partial charge in [0.1, 0.15) is 18.1 Å². The molecule has 5 nitrogen and oxygen atoms in total. The van der Waals surface area contributed by atoms with Crippen molar-refractivity contribution in [1.82, 2.24) is 0 Å². The maximum Gasteiger partial charge on any atom is 0.344 e. The van der Waals surface area contributed by atoms with Gasteiger partial charge in [0.15, 0.2) is 6.61 Å². The minimum Gasteiger partial charge on any atom is -0.496 e. The summed E-state index contributed by atoms with van der Waals surface area (Å²) < 4.78 is 15.6. The highest BCUT2D eigenvalue weighted by molar-refractivity contribution is 5.71. The molecule has 2 aromatic carbocycles. The summed E-state index contributed by atoms with van der Waals surface area (Å²) in [5.74, 6) is 0.806. The average molecular weight is 287 g/mol. The first-order valence-electron chi connectivity index (χ1n) is 6.45. The number of carbonyl (C=O) groups is 1. The lowest BCUT2D eigenvalue weighted by Crippen LogP contribution is -2.15. The number of esters is 1. The van der Waals surface area contributed by atoms with Crippen LogP contribution in [0.15, 0.2) is 48.5 Å². The number of ether oxygens (including phenoxy) is 3. The summed E-state index contributed by atoms with van der Waals surface area (Å²) in [7, 11) is 1.57. The number of hydrogen-bond donors (Lipinski definition) is 1. The summed E-state index contributed by atoms with van der Waals surface area (Å²) in [5.41, 5.74) is 7.01. The molecule has 0 unspecified atom stereocenters. The summed E-state index contributed by atoms with van der Waals surface area (Å²) in [6.45, 7) is -0.00693. The van der Waals surface area contributed by atoms with Gasteiger partial charge in [-0.15, -0.1) is 0 Å². The van der Waals surface area contributed by atoms with Crippen molar-refractivity contribution in [2.75, 3.05) is 19.5 Å². The molecular weight excluding hydrogens is 270 g/mol. The average Bonchev–Trinajstić information content (AvgIpc) is 2.52. The van der Waals surface area contributed by atoms with Crippen molar-refractivity contribution in [3.8, 4) is 11.5 Å². The molecule has 21 heavy (non-hydrogen) atoms. The molecular formula is C16H17NO4. The molecule has 0 aromatic heterocycles. The molecule has 0 saturated carbocycles. The molecule has 0 bridgehead atoms. The van der Waals surface area contributed by atoms with E-state index in [2.05, 4.69) is 0 Å². The summed E-state index contributed by atoms with van der Waals surface area (Å²) in [5, 5.41) is 0. The fraction of sp³-hybridized carbons (Fsp3) is 0.188. The van der Waals surface area contributed by atoms with E-state index in [9.17, 15) is 4.79 Å². The molecule has 0 aliphatic heterocycles. The Kier molecular flexibility index (Phi) is 5.04. The summed E-state index contributed by atoms with van der Waals surface area (Å²) >= 11 is 0. The molecule has 5 heteroatoms. The number of benzene rings is 2. The van der Waals surface area contributed by atoms with Gasteiger partial charge in [0, 0.05) is 11.3 Å². The Hall–Kier alpha value is -2.69. The van der Waals surface area contributed by atoms with Gasteiger partial charge in [0.05, 0.1) is 7.11 Å². The topological polar surface area (TPSA) is 70.8 Å². The van der Waals surface area contributed by atoms with Gasteiger partial charge in [0.25, 0.3) is 0 Å². The molecule has 110 valence electrons. The third-order valence-electron chi connectivity index (χ3n) is 2.82. The van der Waals surface area contributed by atoms with Crippen LogP contribution in [-0.2, 0) is 16.1 Å². The standard InChI is InChI=1S/C16H17NO4/c1-19-15-5-3-2-4-12(15)10-21-16(18)11-20-14-8-6-13(17)7-9-14/h2-9H,10-11,17H2,1H3. The number of carbonyl (C=O) groups excluding carboxylic acids is 1. The van der Waals surface area contributed by atoms with Gasteiger partial charge in [-0.05, 0) is 30.3 Å². The molecule has 0 spiro atoms. The van der Waals surface area contributed by atoms with Gasteiger partial charge in [-0.25, -0.2) is 4.79 Å². The fourth-order valence-electron chi connectivity index (χ4n) is 1.73. The Morgan fingerprint density at radius 1 is 1.10 bits per heavy atom. The van der Waals surface area contributed by atoms with Crippen molar-refractivity contribution in [3.05, 3.63) is 54.1 Å². The fourth-order valence-corrected chi connectivity index (χ4v) is 1.73. The van der Waals surface area contributed by atoms with Crippen LogP contribution in [0.25, 0.3) is 0 Å². The second-order valence-corrected chi connectivity index (χ2v) is 4.33. The van der Waals surface area contributed by atoms with Crippen LogP contribution >= 0.6 is 0 Å². The smallest absolute Gasteiger partial charge is 0.344 e. The third-order valence-corrected chi connectivity index (χ3v) is 2.82. The Balaban J connectivity index is 1.81. The van der Waals surface area contributed by atoms with Crippen molar-refractivity contribution in [1.29, 1.82) is 0 Å². The quantitative estimate of drug-likeness (QED) is 0.652. The number of hydrogen-bond acceptors (Lipinski definition) is 5. The van der Waals surface area contributed by atoms with Gasteiger partial charge in [-0.3, -0.25) is 0 Å². The van der Waals surface area contributed by atoms with Crippen LogP contribution in [0, 0.1) is 0 Å². The lowest BCUT2D eigenvalue weighted by atomic mass is 10.2. The second kappa shape index (κ2) is 7.19. The molecule has 0 heterocycles. The summed E-state index contributed by atoms with van der Waals surface area (Å²) in [4.78, 5) is 11.6. The summed E-state index contributed by atoms with van der Waals surface area (Å²) in [6.07, 6.45) is 0. The minimum atomic E-state index is -0.447. The number of rotatable bonds is 6. The number of anilines is 1. The first-order valence-corrected chi connectivity index (χ1v) is 6.45. The van der Waals surface area contributed by atoms with E-state index in [0.29, 0.717) is 17.2 Å². The SMILES string of the molecule is COc1ccccc1COC(=O)COc1ccc(N)cc1. The number of para-hydroxylation sites is 1. The molecule has 2 aromatic rings. The molecule has 0 atom stereocenters. The zero-order valence-electron chi connectivity index (χ0n) is 11.7. The van der Waals surface area contributed by atoms with Crippen molar-refractivity contribution in [2.24, 2.45) is 0 Å². The lowest BCUT2D eigenvalue weighted by molar-refractivity contribution is -0.147. The number of nitrogens with two attached hydrogens (primary N) is 1. The molecule has 0 amide bonds. The van der Waals surface area contributed by atoms with Gasteiger partial charge in [-0.1, -0.05) is 18.2 Å². The van der Waals surface area contributed by atoms with E-state index in [-0.39, 0.29) is 13.2 Å². The molecule has 0 saturated heterocycles. The van der Waals surface area contributed by atoms with E-state index in [1.165, 1.54) is 0 Å². The van der Waals surface area contributed by atoms with Crippen LogP contribution in [0.3, 0.4) is 0 Å². The maximum atomic E-state index is 11.6. The first kappa shape index (κ1) is 14.7. The molecule has 0 aliphatic rings. The van der Waals surface area contributed by atoms with E-state index < -0.39 is 5.97 Å². The Labute approximate surface area is 123 Å². The van der Waals surface area contributed by atoms with Crippen molar-refractivity contribution < 1.29 is 19.0 Å². The summed E-state index contributed by atoms with van der Waals surface area (Å²) in [6, 6.07) is 14.2. The zero-order valence-corrected chi connectivity index (χ0v) is 11.7. The van der Waals surface area contributed by atoms with Gasteiger partial charge in [0.2, 0.25) is 0 Å². The van der Waals surface area contributed by atoms with Crippen LogP contribution < -0.4 is 15.2 Å². The highest BCUT2D eigenvalue weighted by Gasteiger charge is 2.07. The van der Waals surface area contributed by atoms with E-state index >= 15 is 0 Å². The Morgan fingerprint density at radius 2 is 1.81 bits per heavy atom. The molecule has 0 aliphatic carbocycles. The predicted octanol–water partition coefficient (Wildman–Crippen LogP) is 2.40. The minimum absolute atomic E-state index is 0.147. The van der Waals surface area contributed by atoms with Crippen molar-refractivity contribution >= 4 is 11.7 Å². The van der Waals surface area contributed by atoms with Gasteiger partial charge in [-0.2, -0.15) is 0 Å². The monoisotopic (exact) mass is 287 g/mol. The van der Waals surface area contributed by atoms with Gasteiger partial charge >= 0.3 is 5.97 Å². The molecule has 2 N–H and O–H groups in total. The van der Waals surface area contributed by atoms with Gasteiger partial charge < -0.3 is 19.9 Å². The Morgan fingerprint density at radius 3 is 2.52 bits per heavy atom.